The van der Waals surface area contributed by atoms with Crippen molar-refractivity contribution in [3.05, 3.63) is 76.1 Å². The van der Waals surface area contributed by atoms with Crippen LogP contribution >= 0.6 is 0 Å². The monoisotopic (exact) mass is 377 g/mol. The number of fused-ring (bicyclic) bond motifs is 1. The second-order valence-electron chi connectivity index (χ2n) is 6.05. The number of nitrogens with zero attached hydrogens (tertiary/aromatic N) is 1. The minimum Gasteiger partial charge on any atom is -0.497 e. The zero-order valence-corrected chi connectivity index (χ0v) is 14.8. The third-order valence-electron chi connectivity index (χ3n) is 4.33. The third kappa shape index (κ3) is 2.86. The van der Waals surface area contributed by atoms with Gasteiger partial charge >= 0.3 is 0 Å². The van der Waals surface area contributed by atoms with E-state index in [1.165, 1.54) is 4.57 Å². The average Bonchev–Trinajstić information content (AvgIpc) is 2.97. The number of ether oxygens (including phenoxy) is 2. The maximum Gasteiger partial charge on any atom is 0.262 e. The van der Waals surface area contributed by atoms with Gasteiger partial charge in [0.1, 0.15) is 23.1 Å². The van der Waals surface area contributed by atoms with Crippen LogP contribution in [0.1, 0.15) is 20.7 Å². The summed E-state index contributed by atoms with van der Waals surface area (Å²) in [5, 5.41) is 2.13. The Morgan fingerprint density at radius 2 is 1.61 bits per heavy atom. The van der Waals surface area contributed by atoms with Gasteiger partial charge in [0.05, 0.1) is 23.9 Å². The first kappa shape index (κ1) is 17.3. The molecule has 0 saturated carbocycles. The molecule has 0 unspecified atom stereocenters. The fraction of sp³-hybridized carbons (Fsp3) is 0.0500. The minimum atomic E-state index is -0.627. The number of nitrogens with one attached hydrogen (secondary N) is 1. The second kappa shape index (κ2) is 6.58. The van der Waals surface area contributed by atoms with Crippen LogP contribution in [0.2, 0.25) is 0 Å². The molecule has 2 amide bonds. The molecule has 0 atom stereocenters. The Bertz CT molecular complexity index is 1170. The standard InChI is InChI=1S/C20H15N3O5/c1-27-13-3-2-4-14(9-13)28-12-7-5-11(6-8-12)23-16(24)10-15-17(18(23)21)20(26)22-19(15)25/h2-10H,21H2,1H3,(H,22,25,26). The molecule has 0 aliphatic carbocycles. The summed E-state index contributed by atoms with van der Waals surface area (Å²) in [6.45, 7) is 0. The molecule has 3 N–H and O–H groups in total. The van der Waals surface area contributed by atoms with Gasteiger partial charge in [-0.3, -0.25) is 24.3 Å². The Balaban J connectivity index is 1.68. The molecule has 1 aliphatic heterocycles. The van der Waals surface area contributed by atoms with E-state index in [-0.39, 0.29) is 16.9 Å². The number of nitrogen functional groups attached to an aromatic ring is 1. The zero-order valence-electron chi connectivity index (χ0n) is 14.8. The number of hydrogen-bond acceptors (Lipinski definition) is 6. The summed E-state index contributed by atoms with van der Waals surface area (Å²) >= 11 is 0. The van der Waals surface area contributed by atoms with E-state index in [2.05, 4.69) is 5.32 Å². The van der Waals surface area contributed by atoms with E-state index in [1.807, 2.05) is 0 Å². The number of benzene rings is 2. The maximum absolute atomic E-state index is 12.4. The number of aromatic nitrogens is 1. The number of methoxy groups -OCH3 is 1. The first-order chi connectivity index (χ1) is 13.5. The van der Waals surface area contributed by atoms with Crippen molar-refractivity contribution < 1.29 is 19.1 Å². The van der Waals surface area contributed by atoms with Gasteiger partial charge in [-0.2, -0.15) is 0 Å². The number of imide groups is 1. The summed E-state index contributed by atoms with van der Waals surface area (Å²) in [4.78, 5) is 36.1. The topological polar surface area (TPSA) is 113 Å². The van der Waals surface area contributed by atoms with Gasteiger partial charge in [-0.15, -0.1) is 0 Å². The molecule has 0 spiro atoms. The van der Waals surface area contributed by atoms with E-state index in [0.717, 1.165) is 6.07 Å². The molecule has 1 aliphatic rings. The van der Waals surface area contributed by atoms with Gasteiger partial charge in [-0.25, -0.2) is 0 Å². The van der Waals surface area contributed by atoms with Crippen molar-refractivity contribution >= 4 is 17.6 Å². The highest BCUT2D eigenvalue weighted by molar-refractivity contribution is 6.23. The van der Waals surface area contributed by atoms with Gasteiger partial charge < -0.3 is 15.2 Å². The summed E-state index contributed by atoms with van der Waals surface area (Å²) in [5.41, 5.74) is 5.94. The smallest absolute Gasteiger partial charge is 0.262 e. The number of amides is 2. The molecule has 8 heteroatoms. The number of carbonyl (C=O) groups is 2. The lowest BCUT2D eigenvalue weighted by Crippen LogP contribution is -2.24. The highest BCUT2D eigenvalue weighted by Crippen LogP contribution is 2.27. The SMILES string of the molecule is COc1cccc(Oc2ccc(-n3c(N)c4c(cc3=O)C(=O)NC4=O)cc2)c1. The maximum atomic E-state index is 12.4. The fourth-order valence-corrected chi connectivity index (χ4v) is 3.01. The molecule has 3 aromatic rings. The highest BCUT2D eigenvalue weighted by atomic mass is 16.5. The number of carbonyl (C=O) groups excluding carboxylic acids is 2. The molecule has 1 aromatic heterocycles. The van der Waals surface area contributed by atoms with Crippen molar-refractivity contribution in [2.24, 2.45) is 0 Å². The lowest BCUT2D eigenvalue weighted by atomic mass is 10.1. The van der Waals surface area contributed by atoms with Crippen molar-refractivity contribution in [3.63, 3.8) is 0 Å². The molecule has 2 aromatic carbocycles. The van der Waals surface area contributed by atoms with E-state index in [4.69, 9.17) is 15.2 Å². The molecule has 28 heavy (non-hydrogen) atoms. The van der Waals surface area contributed by atoms with Gasteiger partial charge in [-0.1, -0.05) is 6.07 Å². The molecule has 0 radical (unpaired) electrons. The van der Waals surface area contributed by atoms with E-state index < -0.39 is 17.4 Å². The first-order valence-electron chi connectivity index (χ1n) is 8.31. The van der Waals surface area contributed by atoms with Crippen molar-refractivity contribution in [2.45, 2.75) is 0 Å². The molecule has 4 rings (SSSR count). The Kier molecular flexibility index (Phi) is 4.08. The normalized spacial score (nSPS) is 12.5. The first-order valence-corrected chi connectivity index (χ1v) is 8.31. The van der Waals surface area contributed by atoms with Gasteiger partial charge in [0.15, 0.2) is 0 Å². The third-order valence-corrected chi connectivity index (χ3v) is 4.33. The van der Waals surface area contributed by atoms with Crippen LogP contribution in [0.15, 0.2) is 59.4 Å². The van der Waals surface area contributed by atoms with Gasteiger partial charge in [0.25, 0.3) is 17.4 Å². The summed E-state index contributed by atoms with van der Waals surface area (Å²) in [7, 11) is 1.57. The number of pyridine rings is 1. The fourth-order valence-electron chi connectivity index (χ4n) is 3.01. The molecule has 0 saturated heterocycles. The molecular formula is C20H15N3O5. The summed E-state index contributed by atoms with van der Waals surface area (Å²) in [5.74, 6) is 0.461. The Morgan fingerprint density at radius 1 is 0.893 bits per heavy atom. The Labute approximate surface area is 159 Å². The van der Waals surface area contributed by atoms with Crippen LogP contribution in [0.3, 0.4) is 0 Å². The van der Waals surface area contributed by atoms with Crippen LogP contribution in [-0.4, -0.2) is 23.5 Å². The van der Waals surface area contributed by atoms with Gasteiger partial charge in [0, 0.05) is 12.1 Å². The molecule has 0 fully saturated rings. The van der Waals surface area contributed by atoms with E-state index in [1.54, 1.807) is 55.6 Å². The van der Waals surface area contributed by atoms with E-state index >= 15 is 0 Å². The summed E-state index contributed by atoms with van der Waals surface area (Å²) in [6.07, 6.45) is 0. The number of anilines is 1. The van der Waals surface area contributed by atoms with Gasteiger partial charge in [0.2, 0.25) is 0 Å². The zero-order chi connectivity index (χ0) is 19.8. The van der Waals surface area contributed by atoms with Crippen molar-refractivity contribution in [3.8, 4) is 22.9 Å². The number of rotatable bonds is 4. The van der Waals surface area contributed by atoms with Gasteiger partial charge in [-0.05, 0) is 36.4 Å². The van der Waals surface area contributed by atoms with Crippen LogP contribution in [0, 0.1) is 0 Å². The Hall–Kier alpha value is -4.07. The molecule has 2 heterocycles. The largest absolute Gasteiger partial charge is 0.497 e. The molecule has 0 bridgehead atoms. The minimum absolute atomic E-state index is 0.00121. The molecule has 8 nitrogen and oxygen atoms in total. The van der Waals surface area contributed by atoms with Crippen LogP contribution in [0.4, 0.5) is 5.82 Å². The average molecular weight is 377 g/mol. The van der Waals surface area contributed by atoms with Crippen molar-refractivity contribution in [2.75, 3.05) is 12.8 Å². The molecular weight excluding hydrogens is 362 g/mol. The lowest BCUT2D eigenvalue weighted by molar-refractivity contribution is 0.0880. The van der Waals surface area contributed by atoms with Crippen LogP contribution in [0.5, 0.6) is 17.2 Å². The van der Waals surface area contributed by atoms with Crippen LogP contribution in [-0.2, 0) is 0 Å². The second-order valence-corrected chi connectivity index (χ2v) is 6.05. The van der Waals surface area contributed by atoms with Crippen molar-refractivity contribution in [1.29, 1.82) is 0 Å². The van der Waals surface area contributed by atoms with Crippen molar-refractivity contribution in [1.82, 2.24) is 9.88 Å². The van der Waals surface area contributed by atoms with E-state index in [0.29, 0.717) is 22.9 Å². The predicted molar refractivity (Wildman–Crippen MR) is 101 cm³/mol. The van der Waals surface area contributed by atoms with Crippen LogP contribution in [0.25, 0.3) is 5.69 Å². The van der Waals surface area contributed by atoms with Crippen LogP contribution < -0.4 is 26.1 Å². The number of nitrogens with two attached hydrogens (primary N) is 1. The summed E-state index contributed by atoms with van der Waals surface area (Å²) in [6, 6.07) is 14.8. The predicted octanol–water partition coefficient (Wildman–Crippen LogP) is 2.10. The molecule has 140 valence electrons. The quantitative estimate of drug-likeness (QED) is 0.674. The lowest BCUT2D eigenvalue weighted by Gasteiger charge is -2.13. The van der Waals surface area contributed by atoms with E-state index in [9.17, 15) is 14.4 Å². The Morgan fingerprint density at radius 3 is 2.32 bits per heavy atom. The summed E-state index contributed by atoms with van der Waals surface area (Å²) < 4.78 is 12.1. The number of hydrogen-bond donors (Lipinski definition) is 2. The highest BCUT2D eigenvalue weighted by Gasteiger charge is 2.31.